The van der Waals surface area contributed by atoms with Gasteiger partial charge in [0.1, 0.15) is 17.5 Å². The average Bonchev–Trinajstić information content (AvgIpc) is 3.23. The highest BCUT2D eigenvalue weighted by atomic mass is 16.6. The van der Waals surface area contributed by atoms with Crippen molar-refractivity contribution in [3.63, 3.8) is 0 Å². The first-order valence-electron chi connectivity index (χ1n) is 6.40. The Bertz CT molecular complexity index is 757. The number of hydrogen-bond donors (Lipinski definition) is 2. The number of hydrogen-bond acceptors (Lipinski definition) is 6. The Balaban J connectivity index is 2.05. The van der Waals surface area contributed by atoms with E-state index in [1.165, 1.54) is 16.8 Å². The van der Waals surface area contributed by atoms with E-state index >= 15 is 0 Å². The van der Waals surface area contributed by atoms with Gasteiger partial charge in [-0.1, -0.05) is 6.07 Å². The van der Waals surface area contributed by atoms with Gasteiger partial charge in [-0.15, -0.1) is 5.10 Å². The van der Waals surface area contributed by atoms with E-state index < -0.39 is 4.92 Å². The first-order valence-corrected chi connectivity index (χ1v) is 6.40. The van der Waals surface area contributed by atoms with Crippen molar-refractivity contribution >= 4 is 17.3 Å². The predicted molar refractivity (Wildman–Crippen MR) is 76.0 cm³/mol. The summed E-state index contributed by atoms with van der Waals surface area (Å²) in [4.78, 5) is 10.3. The number of nitro benzene ring substituents is 1. The number of rotatable bonds is 4. The van der Waals surface area contributed by atoms with Crippen LogP contribution in [-0.4, -0.2) is 20.7 Å². The maximum Gasteiger partial charge on any atom is 0.271 e. The highest BCUT2D eigenvalue weighted by molar-refractivity contribution is 5.67. The first-order chi connectivity index (χ1) is 10.1. The van der Waals surface area contributed by atoms with Gasteiger partial charge in [0.2, 0.25) is 0 Å². The first kappa shape index (κ1) is 12.9. The van der Waals surface area contributed by atoms with Crippen LogP contribution >= 0.6 is 0 Å². The summed E-state index contributed by atoms with van der Waals surface area (Å²) in [6.07, 6.45) is 2.07. The molecule has 8 heteroatoms. The Kier molecular flexibility index (Phi) is 2.95. The number of benzene rings is 1. The van der Waals surface area contributed by atoms with Gasteiger partial charge < -0.3 is 11.1 Å². The number of nitrogen functional groups attached to an aromatic ring is 1. The normalized spacial score (nSPS) is 13.7. The minimum absolute atomic E-state index is 0.0578. The van der Waals surface area contributed by atoms with Crippen LogP contribution in [0.25, 0.3) is 5.69 Å². The molecule has 106 valence electrons. The highest BCUT2D eigenvalue weighted by Gasteiger charge is 2.25. The summed E-state index contributed by atoms with van der Waals surface area (Å²) in [5.74, 6) is 0.588. The van der Waals surface area contributed by atoms with E-state index in [1.807, 2.05) is 6.07 Å². The second-order valence-electron chi connectivity index (χ2n) is 4.83. The molecule has 0 unspecified atom stereocenters. The molecule has 0 spiro atoms. The molecule has 0 bridgehead atoms. The number of nitro groups is 1. The molecule has 2 aromatic rings. The van der Waals surface area contributed by atoms with Crippen molar-refractivity contribution in [3.05, 3.63) is 39.9 Å². The number of non-ortho nitro benzene ring substituents is 1. The van der Waals surface area contributed by atoms with Gasteiger partial charge in [-0.25, -0.2) is 4.68 Å². The zero-order valence-corrected chi connectivity index (χ0v) is 11.0. The Hall–Kier alpha value is -3.08. The Morgan fingerprint density at radius 2 is 2.29 bits per heavy atom. The van der Waals surface area contributed by atoms with E-state index in [2.05, 4.69) is 10.4 Å². The van der Waals surface area contributed by atoms with E-state index in [0.717, 1.165) is 12.8 Å². The summed E-state index contributed by atoms with van der Waals surface area (Å²) in [5.41, 5.74) is 6.58. The van der Waals surface area contributed by atoms with Gasteiger partial charge in [0.15, 0.2) is 5.82 Å². The molecule has 1 aliphatic rings. The maximum atomic E-state index is 10.8. The lowest BCUT2D eigenvalue weighted by molar-refractivity contribution is -0.384. The summed E-state index contributed by atoms with van der Waals surface area (Å²) >= 11 is 0. The van der Waals surface area contributed by atoms with Crippen molar-refractivity contribution in [2.75, 3.05) is 11.1 Å². The zero-order valence-electron chi connectivity index (χ0n) is 11.0. The SMILES string of the molecule is N#Cc1c(NC2CC2)nn(-c2cccc([N+](=O)[O-])c2)c1N. The second-order valence-corrected chi connectivity index (χ2v) is 4.83. The zero-order chi connectivity index (χ0) is 15.0. The second kappa shape index (κ2) is 4.79. The summed E-state index contributed by atoms with van der Waals surface area (Å²) < 4.78 is 1.34. The van der Waals surface area contributed by atoms with Gasteiger partial charge in [0.05, 0.1) is 10.6 Å². The van der Waals surface area contributed by atoms with Crippen LogP contribution in [0.3, 0.4) is 0 Å². The molecule has 1 aromatic heterocycles. The minimum atomic E-state index is -0.488. The number of nitrogens with zero attached hydrogens (tertiary/aromatic N) is 4. The third kappa shape index (κ3) is 2.36. The molecule has 0 saturated heterocycles. The summed E-state index contributed by atoms with van der Waals surface area (Å²) in [5, 5.41) is 27.4. The fraction of sp³-hybridized carbons (Fsp3) is 0.231. The molecule has 1 heterocycles. The topological polar surface area (TPSA) is 123 Å². The quantitative estimate of drug-likeness (QED) is 0.652. The molecule has 1 aromatic carbocycles. The number of nitrogens with one attached hydrogen (secondary N) is 1. The lowest BCUT2D eigenvalue weighted by Crippen LogP contribution is -2.04. The van der Waals surface area contributed by atoms with Crippen LogP contribution in [0.15, 0.2) is 24.3 Å². The number of aromatic nitrogens is 2. The van der Waals surface area contributed by atoms with Gasteiger partial charge in [-0.05, 0) is 18.9 Å². The van der Waals surface area contributed by atoms with E-state index in [4.69, 9.17) is 5.73 Å². The van der Waals surface area contributed by atoms with E-state index in [9.17, 15) is 15.4 Å². The Morgan fingerprint density at radius 3 is 2.90 bits per heavy atom. The standard InChI is InChI=1S/C13H12N6O2/c14-7-11-12(15)18(17-13(11)16-8-4-5-8)9-2-1-3-10(6-9)19(20)21/h1-3,6,8H,4-5,15H2,(H,16,17). The highest BCUT2D eigenvalue weighted by Crippen LogP contribution is 2.30. The monoisotopic (exact) mass is 284 g/mol. The average molecular weight is 284 g/mol. The van der Waals surface area contributed by atoms with Crippen molar-refractivity contribution in [1.82, 2.24) is 9.78 Å². The predicted octanol–water partition coefficient (Wildman–Crippen LogP) is 1.81. The van der Waals surface area contributed by atoms with E-state index in [1.54, 1.807) is 12.1 Å². The van der Waals surface area contributed by atoms with Crippen LogP contribution < -0.4 is 11.1 Å². The molecule has 8 nitrogen and oxygen atoms in total. The third-order valence-corrected chi connectivity index (χ3v) is 3.24. The maximum absolute atomic E-state index is 10.8. The largest absolute Gasteiger partial charge is 0.382 e. The van der Waals surface area contributed by atoms with Gasteiger partial charge in [-0.3, -0.25) is 10.1 Å². The smallest absolute Gasteiger partial charge is 0.271 e. The van der Waals surface area contributed by atoms with E-state index in [-0.39, 0.29) is 17.1 Å². The van der Waals surface area contributed by atoms with Crippen molar-refractivity contribution in [2.24, 2.45) is 0 Å². The van der Waals surface area contributed by atoms with Gasteiger partial charge in [-0.2, -0.15) is 5.26 Å². The van der Waals surface area contributed by atoms with Crippen molar-refractivity contribution < 1.29 is 4.92 Å². The fourth-order valence-electron chi connectivity index (χ4n) is 2.00. The molecule has 1 saturated carbocycles. The van der Waals surface area contributed by atoms with Crippen LogP contribution in [0.1, 0.15) is 18.4 Å². The van der Waals surface area contributed by atoms with Crippen molar-refractivity contribution in [2.45, 2.75) is 18.9 Å². The molecular weight excluding hydrogens is 272 g/mol. The fourth-order valence-corrected chi connectivity index (χ4v) is 2.00. The number of nitrogens with two attached hydrogens (primary N) is 1. The molecule has 1 fully saturated rings. The van der Waals surface area contributed by atoms with Crippen LogP contribution in [0, 0.1) is 21.4 Å². The molecule has 21 heavy (non-hydrogen) atoms. The van der Waals surface area contributed by atoms with E-state index in [0.29, 0.717) is 17.5 Å². The van der Waals surface area contributed by atoms with Crippen LogP contribution in [0.4, 0.5) is 17.3 Å². The van der Waals surface area contributed by atoms with Gasteiger partial charge in [0.25, 0.3) is 5.69 Å². The number of nitriles is 1. The lowest BCUT2D eigenvalue weighted by Gasteiger charge is -2.03. The van der Waals surface area contributed by atoms with Gasteiger partial charge in [0, 0.05) is 18.2 Å². The molecule has 3 rings (SSSR count). The Labute approximate surface area is 119 Å². The van der Waals surface area contributed by atoms with Crippen LogP contribution in [0.2, 0.25) is 0 Å². The molecular formula is C13H12N6O2. The summed E-state index contributed by atoms with van der Waals surface area (Å²) in [6, 6.07) is 8.30. The lowest BCUT2D eigenvalue weighted by atomic mass is 10.2. The minimum Gasteiger partial charge on any atom is -0.382 e. The van der Waals surface area contributed by atoms with Crippen molar-refractivity contribution in [1.29, 1.82) is 5.26 Å². The Morgan fingerprint density at radius 1 is 1.52 bits per heavy atom. The molecule has 3 N–H and O–H groups in total. The van der Waals surface area contributed by atoms with Crippen LogP contribution in [-0.2, 0) is 0 Å². The molecule has 0 atom stereocenters. The number of anilines is 2. The van der Waals surface area contributed by atoms with Crippen molar-refractivity contribution in [3.8, 4) is 11.8 Å². The molecule has 0 amide bonds. The molecule has 0 aliphatic heterocycles. The van der Waals surface area contributed by atoms with Gasteiger partial charge >= 0.3 is 0 Å². The summed E-state index contributed by atoms with van der Waals surface area (Å²) in [7, 11) is 0. The third-order valence-electron chi connectivity index (χ3n) is 3.24. The summed E-state index contributed by atoms with van der Waals surface area (Å²) in [6.45, 7) is 0. The molecule has 1 aliphatic carbocycles. The van der Waals surface area contributed by atoms with Crippen LogP contribution in [0.5, 0.6) is 0 Å². The molecule has 0 radical (unpaired) electrons.